The van der Waals surface area contributed by atoms with Crippen molar-refractivity contribution in [1.29, 1.82) is 0 Å². The van der Waals surface area contributed by atoms with Gasteiger partial charge in [-0.05, 0) is 49.9 Å². The lowest BCUT2D eigenvalue weighted by atomic mass is 9.94. The highest BCUT2D eigenvalue weighted by Crippen LogP contribution is 2.28. The van der Waals surface area contributed by atoms with Crippen LogP contribution < -0.4 is 5.32 Å². The summed E-state index contributed by atoms with van der Waals surface area (Å²) in [5.74, 6) is 0.654. The van der Waals surface area contributed by atoms with Gasteiger partial charge in [-0.15, -0.1) is 0 Å². The van der Waals surface area contributed by atoms with E-state index < -0.39 is 0 Å². The van der Waals surface area contributed by atoms with Crippen molar-refractivity contribution in [3.63, 3.8) is 0 Å². The van der Waals surface area contributed by atoms with E-state index in [4.69, 9.17) is 0 Å². The summed E-state index contributed by atoms with van der Waals surface area (Å²) in [6.07, 6.45) is 3.13. The maximum atomic E-state index is 12.2. The van der Waals surface area contributed by atoms with E-state index in [-0.39, 0.29) is 5.91 Å². The zero-order valence-corrected chi connectivity index (χ0v) is 14.9. The lowest BCUT2D eigenvalue weighted by Crippen LogP contribution is -2.34. The van der Waals surface area contributed by atoms with Crippen LogP contribution in [0.4, 0.5) is 0 Å². The fraction of sp³-hybridized carbons (Fsp3) is 0.450. The zero-order valence-electron chi connectivity index (χ0n) is 14.9. The predicted octanol–water partition coefficient (Wildman–Crippen LogP) is 2.86. The molecule has 1 aromatic heterocycles. The fourth-order valence-corrected chi connectivity index (χ4v) is 3.61. The highest BCUT2D eigenvalue weighted by atomic mass is 16.1. The molecule has 1 aliphatic rings. The van der Waals surface area contributed by atoms with Gasteiger partial charge < -0.3 is 14.8 Å². The van der Waals surface area contributed by atoms with Crippen molar-refractivity contribution < 1.29 is 4.79 Å². The molecule has 0 bridgehead atoms. The molecule has 4 heteroatoms. The summed E-state index contributed by atoms with van der Waals surface area (Å²) in [6, 6.07) is 10.6. The third kappa shape index (κ3) is 3.54. The van der Waals surface area contributed by atoms with Gasteiger partial charge in [-0.2, -0.15) is 0 Å². The lowest BCUT2D eigenvalue weighted by molar-refractivity contribution is 0.0949. The Labute approximate surface area is 144 Å². The van der Waals surface area contributed by atoms with E-state index in [1.807, 2.05) is 30.8 Å². The minimum absolute atomic E-state index is 0.0303. The van der Waals surface area contributed by atoms with Crippen LogP contribution >= 0.6 is 0 Å². The number of carbonyl (C=O) groups excluding carboxylic acids is 1. The third-order valence-electron chi connectivity index (χ3n) is 5.24. The Balaban J connectivity index is 1.48. The number of nitrogens with zero attached hydrogens (tertiary/aromatic N) is 2. The van der Waals surface area contributed by atoms with Crippen LogP contribution in [-0.2, 0) is 7.05 Å². The molecule has 3 rings (SSSR count). The summed E-state index contributed by atoms with van der Waals surface area (Å²) in [5, 5.41) is 3.05. The topological polar surface area (TPSA) is 37.3 Å². The lowest BCUT2D eigenvalue weighted by Gasteiger charge is -2.17. The van der Waals surface area contributed by atoms with Gasteiger partial charge in [-0.25, -0.2) is 0 Å². The summed E-state index contributed by atoms with van der Waals surface area (Å²) >= 11 is 0. The standard InChI is InChI=1S/C20H27N3O/c1-15-6-4-5-7-18(15)17-8-12-23(14-17)13-10-21-20(24)19-9-11-22(3)16(19)2/h4-7,9,11,17H,8,10,12-14H2,1-3H3,(H,21,24)/t17-/m0/s1. The normalized spacial score (nSPS) is 18.0. The molecule has 0 aliphatic carbocycles. The number of aryl methyl sites for hydroxylation is 2. The quantitative estimate of drug-likeness (QED) is 0.918. The van der Waals surface area contributed by atoms with Crippen LogP contribution in [0.5, 0.6) is 0 Å². The average Bonchev–Trinajstić information content (AvgIpc) is 3.16. The number of hydrogen-bond donors (Lipinski definition) is 1. The van der Waals surface area contributed by atoms with Crippen molar-refractivity contribution >= 4 is 5.91 Å². The van der Waals surface area contributed by atoms with E-state index in [0.717, 1.165) is 30.9 Å². The maximum absolute atomic E-state index is 12.2. The van der Waals surface area contributed by atoms with E-state index in [9.17, 15) is 4.79 Å². The van der Waals surface area contributed by atoms with Gasteiger partial charge in [0.25, 0.3) is 5.91 Å². The Morgan fingerprint density at radius 3 is 2.75 bits per heavy atom. The van der Waals surface area contributed by atoms with Gasteiger partial charge in [0.15, 0.2) is 0 Å². The van der Waals surface area contributed by atoms with Crippen molar-refractivity contribution in [2.24, 2.45) is 7.05 Å². The highest BCUT2D eigenvalue weighted by molar-refractivity contribution is 5.95. The molecule has 1 atom stereocenters. The first kappa shape index (κ1) is 16.8. The first-order valence-electron chi connectivity index (χ1n) is 8.74. The van der Waals surface area contributed by atoms with Crippen molar-refractivity contribution in [2.75, 3.05) is 26.2 Å². The molecule has 0 saturated carbocycles. The minimum Gasteiger partial charge on any atom is -0.354 e. The number of carbonyl (C=O) groups is 1. The van der Waals surface area contributed by atoms with Gasteiger partial charge in [0.2, 0.25) is 0 Å². The zero-order chi connectivity index (χ0) is 17.1. The van der Waals surface area contributed by atoms with E-state index >= 15 is 0 Å². The molecule has 0 radical (unpaired) electrons. The predicted molar refractivity (Wildman–Crippen MR) is 97.5 cm³/mol. The molecule has 1 fully saturated rings. The van der Waals surface area contributed by atoms with Crippen LogP contribution in [0.15, 0.2) is 36.5 Å². The molecular weight excluding hydrogens is 298 g/mol. The summed E-state index contributed by atoms with van der Waals surface area (Å²) in [4.78, 5) is 14.7. The molecule has 2 aromatic rings. The minimum atomic E-state index is 0.0303. The van der Waals surface area contributed by atoms with Crippen LogP contribution in [0.2, 0.25) is 0 Å². The number of rotatable bonds is 5. The van der Waals surface area contributed by atoms with E-state index in [1.54, 1.807) is 0 Å². The number of aromatic nitrogens is 1. The van der Waals surface area contributed by atoms with Gasteiger partial charge in [0.05, 0.1) is 5.56 Å². The smallest absolute Gasteiger partial charge is 0.253 e. The molecule has 24 heavy (non-hydrogen) atoms. The van der Waals surface area contributed by atoms with Crippen LogP contribution in [0.3, 0.4) is 0 Å². The molecule has 1 N–H and O–H groups in total. The average molecular weight is 325 g/mol. The first-order chi connectivity index (χ1) is 11.6. The van der Waals surface area contributed by atoms with Crippen LogP contribution in [0.1, 0.15) is 39.5 Å². The van der Waals surface area contributed by atoms with Crippen molar-refractivity contribution in [2.45, 2.75) is 26.2 Å². The van der Waals surface area contributed by atoms with Crippen molar-refractivity contribution in [3.8, 4) is 0 Å². The third-order valence-corrected chi connectivity index (χ3v) is 5.24. The molecular formula is C20H27N3O. The monoisotopic (exact) mass is 325 g/mol. The van der Waals surface area contributed by atoms with E-state index in [1.165, 1.54) is 17.5 Å². The van der Waals surface area contributed by atoms with Gasteiger partial charge in [-0.3, -0.25) is 4.79 Å². The molecule has 1 saturated heterocycles. The Bertz CT molecular complexity index is 719. The molecule has 1 aromatic carbocycles. The van der Waals surface area contributed by atoms with Gasteiger partial charge >= 0.3 is 0 Å². The fourth-order valence-electron chi connectivity index (χ4n) is 3.61. The van der Waals surface area contributed by atoms with Crippen molar-refractivity contribution in [1.82, 2.24) is 14.8 Å². The number of hydrogen-bond acceptors (Lipinski definition) is 2. The largest absolute Gasteiger partial charge is 0.354 e. The van der Waals surface area contributed by atoms with Crippen LogP contribution in [0.25, 0.3) is 0 Å². The first-order valence-corrected chi connectivity index (χ1v) is 8.74. The number of nitrogens with one attached hydrogen (secondary N) is 1. The van der Waals surface area contributed by atoms with Crippen LogP contribution in [0, 0.1) is 13.8 Å². The second kappa shape index (κ2) is 7.22. The molecule has 4 nitrogen and oxygen atoms in total. The second-order valence-electron chi connectivity index (χ2n) is 6.82. The molecule has 2 heterocycles. The van der Waals surface area contributed by atoms with Gasteiger partial charge in [0, 0.05) is 38.6 Å². The summed E-state index contributed by atoms with van der Waals surface area (Å²) < 4.78 is 1.97. The molecule has 128 valence electrons. The van der Waals surface area contributed by atoms with Gasteiger partial charge in [-0.1, -0.05) is 24.3 Å². The van der Waals surface area contributed by atoms with E-state index in [2.05, 4.69) is 41.4 Å². The highest BCUT2D eigenvalue weighted by Gasteiger charge is 2.24. The maximum Gasteiger partial charge on any atom is 0.253 e. The summed E-state index contributed by atoms with van der Waals surface area (Å²) in [6.45, 7) is 7.99. The molecule has 0 spiro atoms. The number of benzene rings is 1. The Hall–Kier alpha value is -2.07. The number of likely N-dealkylation sites (tertiary alicyclic amines) is 1. The Kier molecular flexibility index (Phi) is 5.05. The summed E-state index contributed by atoms with van der Waals surface area (Å²) in [7, 11) is 1.96. The van der Waals surface area contributed by atoms with Crippen molar-refractivity contribution in [3.05, 3.63) is 58.9 Å². The second-order valence-corrected chi connectivity index (χ2v) is 6.82. The summed E-state index contributed by atoms with van der Waals surface area (Å²) in [5.41, 5.74) is 4.64. The Morgan fingerprint density at radius 1 is 1.25 bits per heavy atom. The molecule has 1 aliphatic heterocycles. The molecule has 1 amide bonds. The van der Waals surface area contributed by atoms with Crippen LogP contribution in [-0.4, -0.2) is 41.6 Å². The molecule has 0 unspecified atom stereocenters. The van der Waals surface area contributed by atoms with Gasteiger partial charge in [0.1, 0.15) is 0 Å². The Morgan fingerprint density at radius 2 is 2.04 bits per heavy atom. The SMILES string of the molecule is Cc1ccccc1[C@H]1CCN(CCNC(=O)c2ccn(C)c2C)C1. The number of amides is 1. The van der Waals surface area contributed by atoms with E-state index in [0.29, 0.717) is 12.5 Å².